The molecule has 2 nitrogen and oxygen atoms in total. The summed E-state index contributed by atoms with van der Waals surface area (Å²) in [5, 5.41) is 3.22. The van der Waals surface area contributed by atoms with E-state index in [4.69, 9.17) is 0 Å². The molecule has 1 unspecified atom stereocenters. The predicted octanol–water partition coefficient (Wildman–Crippen LogP) is 3.53. The minimum absolute atomic E-state index is 0.296. The first kappa shape index (κ1) is 10.8. The summed E-state index contributed by atoms with van der Waals surface area (Å²) in [6.07, 6.45) is 4.59. The Hall–Kier alpha value is -0.740. The minimum Gasteiger partial charge on any atom is -0.265 e. The van der Waals surface area contributed by atoms with Gasteiger partial charge in [-0.25, -0.2) is 4.98 Å². The molecule has 0 fully saturated rings. The molecule has 0 radical (unpaired) electrons. The van der Waals surface area contributed by atoms with Gasteiger partial charge in [-0.05, 0) is 31.0 Å². The Labute approximate surface area is 102 Å². The highest BCUT2D eigenvalue weighted by atomic mass is 79.9. The van der Waals surface area contributed by atoms with E-state index in [0.717, 1.165) is 17.1 Å². The number of aryl methyl sites for hydroxylation is 1. The zero-order valence-electron chi connectivity index (χ0n) is 8.35. The molecular formula is C11H11BrN2S. The first-order chi connectivity index (χ1) is 7.25. The molecule has 0 aromatic carbocycles. The minimum atomic E-state index is 0.296. The SMILES string of the molecule is Cc1nc(C(Br)Cc2ccncc2)cs1. The van der Waals surface area contributed by atoms with Gasteiger partial charge in [0.05, 0.1) is 15.5 Å². The van der Waals surface area contributed by atoms with Gasteiger partial charge in [-0.2, -0.15) is 0 Å². The Morgan fingerprint density at radius 1 is 1.40 bits per heavy atom. The van der Waals surface area contributed by atoms with Crippen molar-refractivity contribution in [3.63, 3.8) is 0 Å². The summed E-state index contributed by atoms with van der Waals surface area (Å²) in [6.45, 7) is 2.03. The Balaban J connectivity index is 2.07. The summed E-state index contributed by atoms with van der Waals surface area (Å²) < 4.78 is 0. The number of rotatable bonds is 3. The lowest BCUT2D eigenvalue weighted by Gasteiger charge is -2.06. The first-order valence-electron chi connectivity index (χ1n) is 4.70. The van der Waals surface area contributed by atoms with Crippen molar-refractivity contribution in [3.05, 3.63) is 46.2 Å². The average Bonchev–Trinajstić information content (AvgIpc) is 2.66. The summed E-state index contributed by atoms with van der Waals surface area (Å²) >= 11 is 5.35. The molecule has 0 aliphatic heterocycles. The summed E-state index contributed by atoms with van der Waals surface area (Å²) in [5.41, 5.74) is 2.40. The van der Waals surface area contributed by atoms with Gasteiger partial charge >= 0.3 is 0 Å². The number of hydrogen-bond donors (Lipinski definition) is 0. The lowest BCUT2D eigenvalue weighted by atomic mass is 10.1. The summed E-state index contributed by atoms with van der Waals surface area (Å²) in [4.78, 5) is 8.76. The molecule has 0 saturated heterocycles. The second kappa shape index (κ2) is 4.86. The summed E-state index contributed by atoms with van der Waals surface area (Å²) in [7, 11) is 0. The van der Waals surface area contributed by atoms with Crippen molar-refractivity contribution in [2.45, 2.75) is 18.2 Å². The van der Waals surface area contributed by atoms with E-state index in [1.165, 1.54) is 5.56 Å². The Morgan fingerprint density at radius 2 is 2.13 bits per heavy atom. The highest BCUT2D eigenvalue weighted by Gasteiger charge is 2.11. The van der Waals surface area contributed by atoms with E-state index in [2.05, 4.69) is 31.3 Å². The van der Waals surface area contributed by atoms with Crippen LogP contribution in [0.3, 0.4) is 0 Å². The highest BCUT2D eigenvalue weighted by molar-refractivity contribution is 9.09. The first-order valence-corrected chi connectivity index (χ1v) is 6.50. The van der Waals surface area contributed by atoms with Crippen LogP contribution in [0, 0.1) is 6.92 Å². The molecule has 2 aromatic rings. The van der Waals surface area contributed by atoms with Crippen LogP contribution in [-0.2, 0) is 6.42 Å². The molecule has 0 amide bonds. The maximum atomic E-state index is 4.46. The molecule has 1 atom stereocenters. The van der Waals surface area contributed by atoms with Crippen LogP contribution in [0.15, 0.2) is 29.9 Å². The lowest BCUT2D eigenvalue weighted by molar-refractivity contribution is 0.906. The van der Waals surface area contributed by atoms with E-state index in [9.17, 15) is 0 Å². The van der Waals surface area contributed by atoms with Crippen LogP contribution in [0.4, 0.5) is 0 Å². The Kier molecular flexibility index (Phi) is 3.49. The van der Waals surface area contributed by atoms with E-state index in [0.29, 0.717) is 4.83 Å². The van der Waals surface area contributed by atoms with Gasteiger partial charge in [0.15, 0.2) is 0 Å². The van der Waals surface area contributed by atoms with Gasteiger partial charge in [-0.15, -0.1) is 11.3 Å². The van der Waals surface area contributed by atoms with E-state index in [1.54, 1.807) is 11.3 Å². The number of alkyl halides is 1. The monoisotopic (exact) mass is 282 g/mol. The Bertz CT molecular complexity index is 427. The van der Waals surface area contributed by atoms with Crippen molar-refractivity contribution < 1.29 is 0 Å². The second-order valence-corrected chi connectivity index (χ2v) is 5.49. The van der Waals surface area contributed by atoms with Crippen LogP contribution in [0.1, 0.15) is 21.1 Å². The standard InChI is InChI=1S/C11H11BrN2S/c1-8-14-11(7-15-8)10(12)6-9-2-4-13-5-3-9/h2-5,7,10H,6H2,1H3. The lowest BCUT2D eigenvalue weighted by Crippen LogP contribution is -1.95. The topological polar surface area (TPSA) is 25.8 Å². The normalized spacial score (nSPS) is 12.7. The average molecular weight is 283 g/mol. The molecule has 0 aliphatic carbocycles. The van der Waals surface area contributed by atoms with Crippen molar-refractivity contribution in [1.29, 1.82) is 0 Å². The van der Waals surface area contributed by atoms with E-state index < -0.39 is 0 Å². The molecule has 2 heterocycles. The van der Waals surface area contributed by atoms with Crippen molar-refractivity contribution in [1.82, 2.24) is 9.97 Å². The number of pyridine rings is 1. The van der Waals surface area contributed by atoms with Crippen LogP contribution in [0.25, 0.3) is 0 Å². The van der Waals surface area contributed by atoms with Gasteiger partial charge in [-0.3, -0.25) is 4.98 Å². The van der Waals surface area contributed by atoms with Gasteiger partial charge in [0.1, 0.15) is 0 Å². The van der Waals surface area contributed by atoms with E-state index >= 15 is 0 Å². The third-order valence-corrected chi connectivity index (χ3v) is 3.71. The second-order valence-electron chi connectivity index (χ2n) is 3.32. The van der Waals surface area contributed by atoms with Crippen LogP contribution in [0.5, 0.6) is 0 Å². The largest absolute Gasteiger partial charge is 0.265 e. The van der Waals surface area contributed by atoms with Crippen molar-refractivity contribution in [2.75, 3.05) is 0 Å². The molecular weight excluding hydrogens is 272 g/mol. The van der Waals surface area contributed by atoms with E-state index in [-0.39, 0.29) is 0 Å². The zero-order valence-corrected chi connectivity index (χ0v) is 10.8. The molecule has 0 bridgehead atoms. The number of halogens is 1. The van der Waals surface area contributed by atoms with Gasteiger partial charge in [0, 0.05) is 17.8 Å². The van der Waals surface area contributed by atoms with Gasteiger partial charge in [0.2, 0.25) is 0 Å². The molecule has 15 heavy (non-hydrogen) atoms. The molecule has 0 N–H and O–H groups in total. The molecule has 0 spiro atoms. The van der Waals surface area contributed by atoms with Crippen LogP contribution in [-0.4, -0.2) is 9.97 Å². The highest BCUT2D eigenvalue weighted by Crippen LogP contribution is 2.27. The number of nitrogens with zero attached hydrogens (tertiary/aromatic N) is 2. The van der Waals surface area contributed by atoms with Crippen LogP contribution >= 0.6 is 27.3 Å². The summed E-state index contributed by atoms with van der Waals surface area (Å²) in [5.74, 6) is 0. The van der Waals surface area contributed by atoms with Gasteiger partial charge in [0.25, 0.3) is 0 Å². The van der Waals surface area contributed by atoms with Crippen LogP contribution in [0.2, 0.25) is 0 Å². The molecule has 0 saturated carbocycles. The number of aromatic nitrogens is 2. The smallest absolute Gasteiger partial charge is 0.0897 e. The van der Waals surface area contributed by atoms with Crippen LogP contribution < -0.4 is 0 Å². The number of hydrogen-bond acceptors (Lipinski definition) is 3. The summed E-state index contributed by atoms with van der Waals surface area (Å²) in [6, 6.07) is 4.07. The molecule has 0 aliphatic rings. The maximum Gasteiger partial charge on any atom is 0.0897 e. The fourth-order valence-corrected chi connectivity index (χ4v) is 2.80. The third kappa shape index (κ3) is 2.86. The quantitative estimate of drug-likeness (QED) is 0.805. The zero-order chi connectivity index (χ0) is 10.7. The molecule has 78 valence electrons. The van der Waals surface area contributed by atoms with Crippen molar-refractivity contribution in [2.24, 2.45) is 0 Å². The third-order valence-electron chi connectivity index (χ3n) is 2.12. The molecule has 2 rings (SSSR count). The number of thiazole rings is 1. The van der Waals surface area contributed by atoms with Gasteiger partial charge in [-0.1, -0.05) is 15.9 Å². The van der Waals surface area contributed by atoms with Gasteiger partial charge < -0.3 is 0 Å². The van der Waals surface area contributed by atoms with Crippen molar-refractivity contribution >= 4 is 27.3 Å². The fourth-order valence-electron chi connectivity index (χ4n) is 1.35. The maximum absolute atomic E-state index is 4.46. The predicted molar refractivity (Wildman–Crippen MR) is 66.5 cm³/mol. The molecule has 4 heteroatoms. The fraction of sp³-hybridized carbons (Fsp3) is 0.273. The Morgan fingerprint density at radius 3 is 2.73 bits per heavy atom. The molecule has 2 aromatic heterocycles. The van der Waals surface area contributed by atoms with Crippen molar-refractivity contribution in [3.8, 4) is 0 Å². The van der Waals surface area contributed by atoms with E-state index in [1.807, 2.05) is 31.5 Å².